The molecular formula is C26H30F2N4O2Si. The quantitative estimate of drug-likeness (QED) is 0.171. The van der Waals surface area contributed by atoms with Crippen molar-refractivity contribution in [3.8, 4) is 16.9 Å². The molecule has 0 saturated heterocycles. The fourth-order valence-corrected chi connectivity index (χ4v) is 4.58. The molecule has 184 valence electrons. The van der Waals surface area contributed by atoms with Crippen molar-refractivity contribution in [2.45, 2.75) is 45.9 Å². The molecule has 2 aromatic heterocycles. The summed E-state index contributed by atoms with van der Waals surface area (Å²) in [5.41, 5.74) is 8.31. The van der Waals surface area contributed by atoms with E-state index in [9.17, 15) is 8.78 Å². The molecule has 6 nitrogen and oxygen atoms in total. The second-order valence-corrected chi connectivity index (χ2v) is 15.3. The number of nitrogen functional groups attached to an aromatic ring is 1. The molecule has 0 atom stereocenters. The number of fused-ring (bicyclic) bond motifs is 1. The highest BCUT2D eigenvalue weighted by atomic mass is 28.3. The number of rotatable bonds is 9. The van der Waals surface area contributed by atoms with Crippen molar-refractivity contribution >= 4 is 24.8 Å². The molecule has 2 N–H and O–H groups in total. The Kier molecular flexibility index (Phi) is 7.18. The summed E-state index contributed by atoms with van der Waals surface area (Å²) in [6.07, 6.45) is 1.56. The average molecular weight is 497 g/mol. The van der Waals surface area contributed by atoms with E-state index in [1.807, 2.05) is 37.3 Å². The second kappa shape index (κ2) is 10.1. The SMILES string of the molecule is Cc1nn(COCC[Si](C)(C)C)c2ncc(OCc3c(F)ccc(N)c3F)c(-c3ccccc3)c12. The molecule has 4 rings (SSSR count). The highest BCUT2D eigenvalue weighted by Crippen LogP contribution is 2.38. The Balaban J connectivity index is 1.71. The lowest BCUT2D eigenvalue weighted by atomic mass is 10.0. The molecule has 0 aliphatic heterocycles. The average Bonchev–Trinajstić information content (AvgIpc) is 3.14. The number of nitrogens with two attached hydrogens (primary N) is 1. The predicted octanol–water partition coefficient (Wildman–Crippen LogP) is 6.16. The molecule has 2 aromatic carbocycles. The van der Waals surface area contributed by atoms with E-state index in [0.717, 1.165) is 34.3 Å². The Morgan fingerprint density at radius 2 is 1.80 bits per heavy atom. The van der Waals surface area contributed by atoms with Crippen molar-refractivity contribution in [1.29, 1.82) is 0 Å². The van der Waals surface area contributed by atoms with Crippen LogP contribution in [0.1, 0.15) is 11.3 Å². The first-order valence-corrected chi connectivity index (χ1v) is 15.2. The number of hydrogen-bond donors (Lipinski definition) is 1. The van der Waals surface area contributed by atoms with Crippen LogP contribution in [0.15, 0.2) is 48.7 Å². The molecule has 0 aliphatic carbocycles. The fourth-order valence-electron chi connectivity index (χ4n) is 3.82. The maximum Gasteiger partial charge on any atom is 0.161 e. The predicted molar refractivity (Wildman–Crippen MR) is 137 cm³/mol. The third-order valence-electron chi connectivity index (χ3n) is 5.76. The summed E-state index contributed by atoms with van der Waals surface area (Å²) in [6.45, 7) is 9.44. The van der Waals surface area contributed by atoms with Gasteiger partial charge in [0.25, 0.3) is 0 Å². The molecule has 0 radical (unpaired) electrons. The van der Waals surface area contributed by atoms with Gasteiger partial charge >= 0.3 is 0 Å². The molecule has 9 heteroatoms. The normalized spacial score (nSPS) is 11.8. The van der Waals surface area contributed by atoms with Gasteiger partial charge in [-0.25, -0.2) is 18.4 Å². The zero-order chi connectivity index (χ0) is 25.2. The number of hydrogen-bond acceptors (Lipinski definition) is 5. The summed E-state index contributed by atoms with van der Waals surface area (Å²) in [5, 5.41) is 5.46. The number of halogens is 2. The minimum Gasteiger partial charge on any atom is -0.486 e. The monoisotopic (exact) mass is 496 g/mol. The molecule has 0 saturated carbocycles. The lowest BCUT2D eigenvalue weighted by Crippen LogP contribution is -2.22. The van der Waals surface area contributed by atoms with E-state index in [1.54, 1.807) is 10.9 Å². The van der Waals surface area contributed by atoms with E-state index in [-0.39, 0.29) is 24.6 Å². The van der Waals surface area contributed by atoms with Crippen molar-refractivity contribution < 1.29 is 18.3 Å². The van der Waals surface area contributed by atoms with Gasteiger partial charge < -0.3 is 15.2 Å². The van der Waals surface area contributed by atoms with E-state index in [2.05, 4.69) is 29.7 Å². The first-order chi connectivity index (χ1) is 16.7. The van der Waals surface area contributed by atoms with Crippen molar-refractivity contribution in [1.82, 2.24) is 14.8 Å². The van der Waals surface area contributed by atoms with Crippen LogP contribution in [0, 0.1) is 18.6 Å². The van der Waals surface area contributed by atoms with Gasteiger partial charge in [0.2, 0.25) is 0 Å². The fraction of sp³-hybridized carbons (Fsp3) is 0.308. The Hall–Kier alpha value is -3.30. The van der Waals surface area contributed by atoms with E-state index >= 15 is 0 Å². The number of anilines is 1. The van der Waals surface area contributed by atoms with Crippen LogP contribution in [-0.4, -0.2) is 29.4 Å². The number of aromatic nitrogens is 3. The van der Waals surface area contributed by atoms with Gasteiger partial charge in [-0.3, -0.25) is 0 Å². The van der Waals surface area contributed by atoms with Crippen molar-refractivity contribution in [3.63, 3.8) is 0 Å². The summed E-state index contributed by atoms with van der Waals surface area (Å²) in [5.74, 6) is -1.14. The van der Waals surface area contributed by atoms with Crippen LogP contribution in [0.5, 0.6) is 5.75 Å². The minimum atomic E-state index is -1.20. The molecule has 35 heavy (non-hydrogen) atoms. The maximum atomic E-state index is 14.4. The highest BCUT2D eigenvalue weighted by Gasteiger charge is 2.21. The number of pyridine rings is 1. The van der Waals surface area contributed by atoms with Crippen LogP contribution in [0.4, 0.5) is 14.5 Å². The molecule has 4 aromatic rings. The number of aryl methyl sites for hydroxylation is 1. The van der Waals surface area contributed by atoms with E-state index in [0.29, 0.717) is 18.0 Å². The first-order valence-electron chi connectivity index (χ1n) is 11.5. The van der Waals surface area contributed by atoms with Crippen LogP contribution in [0.3, 0.4) is 0 Å². The van der Waals surface area contributed by atoms with Gasteiger partial charge in [-0.2, -0.15) is 5.10 Å². The largest absolute Gasteiger partial charge is 0.486 e. The van der Waals surface area contributed by atoms with Gasteiger partial charge in [0.1, 0.15) is 24.9 Å². The third kappa shape index (κ3) is 5.52. The number of ether oxygens (including phenoxy) is 2. The summed E-state index contributed by atoms with van der Waals surface area (Å²) < 4.78 is 42.3. The third-order valence-corrected chi connectivity index (χ3v) is 7.47. The van der Waals surface area contributed by atoms with Gasteiger partial charge in [0, 0.05) is 20.2 Å². The van der Waals surface area contributed by atoms with Crippen molar-refractivity contribution in [2.75, 3.05) is 12.3 Å². The van der Waals surface area contributed by atoms with Gasteiger partial charge in [-0.15, -0.1) is 0 Å². The van der Waals surface area contributed by atoms with E-state index in [4.69, 9.17) is 15.2 Å². The van der Waals surface area contributed by atoms with E-state index < -0.39 is 19.7 Å². The molecule has 0 spiro atoms. The zero-order valence-corrected chi connectivity index (χ0v) is 21.4. The molecule has 2 heterocycles. The van der Waals surface area contributed by atoms with Crippen molar-refractivity contribution in [3.05, 3.63) is 71.6 Å². The number of benzene rings is 2. The molecule has 0 bridgehead atoms. The van der Waals surface area contributed by atoms with Gasteiger partial charge in [0.05, 0.1) is 28.5 Å². The van der Waals surface area contributed by atoms with Crippen LogP contribution in [0.25, 0.3) is 22.2 Å². The Morgan fingerprint density at radius 1 is 1.06 bits per heavy atom. The molecule has 0 amide bonds. The standard InChI is InChI=1S/C26H30F2N4O2Si/c1-17-23-24(18-8-6-5-7-9-18)22(34-15-19-20(27)10-11-21(29)25(19)28)14-30-26(23)32(31-17)16-33-12-13-35(2,3)4/h5-11,14H,12-13,15-16,29H2,1-4H3. The summed E-state index contributed by atoms with van der Waals surface area (Å²) in [7, 11) is -1.20. The molecule has 0 fully saturated rings. The van der Waals surface area contributed by atoms with E-state index in [1.165, 1.54) is 6.07 Å². The zero-order valence-electron chi connectivity index (χ0n) is 20.4. The first kappa shape index (κ1) is 24.8. The smallest absolute Gasteiger partial charge is 0.161 e. The Labute approximate surface area is 204 Å². The second-order valence-electron chi connectivity index (χ2n) is 9.71. The molecule has 0 aliphatic rings. The molecular weight excluding hydrogens is 466 g/mol. The highest BCUT2D eigenvalue weighted by molar-refractivity contribution is 6.76. The van der Waals surface area contributed by atoms with Crippen molar-refractivity contribution in [2.24, 2.45) is 0 Å². The Bertz CT molecular complexity index is 1340. The van der Waals surface area contributed by atoms with Crippen LogP contribution in [-0.2, 0) is 18.1 Å². The molecule has 0 unspecified atom stereocenters. The number of nitrogens with zero attached hydrogens (tertiary/aromatic N) is 3. The maximum absolute atomic E-state index is 14.4. The Morgan fingerprint density at radius 3 is 2.51 bits per heavy atom. The summed E-state index contributed by atoms with van der Waals surface area (Å²) in [6, 6.07) is 13.0. The van der Waals surface area contributed by atoms with Gasteiger partial charge in [0.15, 0.2) is 11.5 Å². The summed E-state index contributed by atoms with van der Waals surface area (Å²) >= 11 is 0. The lowest BCUT2D eigenvalue weighted by Gasteiger charge is -2.16. The van der Waals surface area contributed by atoms with Crippen LogP contribution in [0.2, 0.25) is 25.7 Å². The van der Waals surface area contributed by atoms with Crippen LogP contribution < -0.4 is 10.5 Å². The van der Waals surface area contributed by atoms with Crippen LogP contribution >= 0.6 is 0 Å². The van der Waals surface area contributed by atoms with Gasteiger partial charge in [-0.1, -0.05) is 50.0 Å². The lowest BCUT2D eigenvalue weighted by molar-refractivity contribution is 0.0810. The minimum absolute atomic E-state index is 0.131. The summed E-state index contributed by atoms with van der Waals surface area (Å²) in [4.78, 5) is 4.58. The topological polar surface area (TPSA) is 75.2 Å². The van der Waals surface area contributed by atoms with Gasteiger partial charge in [-0.05, 0) is 30.7 Å².